The third kappa shape index (κ3) is 4.13. The van der Waals surface area contributed by atoms with Crippen molar-refractivity contribution in [1.29, 1.82) is 0 Å². The molecule has 6 heteroatoms. The zero-order valence-electron chi connectivity index (χ0n) is 10.2. The lowest BCUT2D eigenvalue weighted by Crippen LogP contribution is -2.25. The fourth-order valence-corrected chi connectivity index (χ4v) is 2.20. The number of rotatable bonds is 2. The maximum atomic E-state index is 11.7. The lowest BCUT2D eigenvalue weighted by Gasteiger charge is -2.15. The number of carbonyl (C=O) groups excluding carboxylic acids is 1. The summed E-state index contributed by atoms with van der Waals surface area (Å²) >= 11 is 11.9. The van der Waals surface area contributed by atoms with E-state index >= 15 is 0 Å². The molecule has 0 bridgehead atoms. The molecule has 1 aromatic carbocycles. The average Bonchev–Trinajstić information content (AvgIpc) is 2.42. The number of hydrogen-bond acceptors (Lipinski definition) is 2. The second kappa shape index (κ2) is 6.80. The number of ether oxygens (including phenoxy) is 1. The van der Waals surface area contributed by atoms with Crippen molar-refractivity contribution in [2.75, 3.05) is 18.5 Å². The lowest BCUT2D eigenvalue weighted by molar-refractivity contribution is 0.119. The maximum absolute atomic E-state index is 11.7. The van der Waals surface area contributed by atoms with E-state index in [0.29, 0.717) is 28.9 Å². The quantitative estimate of drug-likeness (QED) is 0.872. The van der Waals surface area contributed by atoms with Gasteiger partial charge in [-0.25, -0.2) is 4.79 Å². The molecule has 0 atom stereocenters. The molecular formula is C13H14Cl2N2O2. The zero-order chi connectivity index (χ0) is 13.7. The predicted octanol–water partition coefficient (Wildman–Crippen LogP) is 3.81. The van der Waals surface area contributed by atoms with Gasteiger partial charge in [-0.2, -0.15) is 0 Å². The number of halogens is 2. The number of benzene rings is 1. The van der Waals surface area contributed by atoms with E-state index in [-0.39, 0.29) is 6.03 Å². The molecule has 1 heterocycles. The highest BCUT2D eigenvalue weighted by Crippen LogP contribution is 2.29. The SMILES string of the molecule is O=C(NC=C1CCOCC1)Nc1c(Cl)cccc1Cl. The highest BCUT2D eigenvalue weighted by atomic mass is 35.5. The van der Waals surface area contributed by atoms with E-state index in [4.69, 9.17) is 27.9 Å². The molecule has 1 saturated heterocycles. The first-order chi connectivity index (χ1) is 9.16. The van der Waals surface area contributed by atoms with Crippen LogP contribution in [0.1, 0.15) is 12.8 Å². The third-order valence-corrected chi connectivity index (χ3v) is 3.37. The minimum absolute atomic E-state index is 0.367. The Bertz CT molecular complexity index is 475. The smallest absolute Gasteiger partial charge is 0.323 e. The van der Waals surface area contributed by atoms with Crippen LogP contribution in [-0.2, 0) is 4.74 Å². The van der Waals surface area contributed by atoms with Gasteiger partial charge in [0.2, 0.25) is 0 Å². The summed E-state index contributed by atoms with van der Waals surface area (Å²) in [6.45, 7) is 1.40. The number of hydrogen-bond donors (Lipinski definition) is 2. The van der Waals surface area contributed by atoms with Gasteiger partial charge in [-0.1, -0.05) is 29.3 Å². The Kier molecular flexibility index (Phi) is 5.07. The average molecular weight is 301 g/mol. The van der Waals surface area contributed by atoms with Crippen LogP contribution in [0.25, 0.3) is 0 Å². The molecule has 2 rings (SSSR count). The molecule has 4 nitrogen and oxygen atoms in total. The zero-order valence-corrected chi connectivity index (χ0v) is 11.7. The minimum atomic E-state index is -0.367. The van der Waals surface area contributed by atoms with Crippen LogP contribution in [0.4, 0.5) is 10.5 Å². The Balaban J connectivity index is 1.94. The largest absolute Gasteiger partial charge is 0.381 e. The first-order valence-electron chi connectivity index (χ1n) is 5.94. The second-order valence-corrected chi connectivity index (χ2v) is 4.92. The minimum Gasteiger partial charge on any atom is -0.381 e. The number of nitrogens with one attached hydrogen (secondary N) is 2. The van der Waals surface area contributed by atoms with Crippen molar-refractivity contribution >= 4 is 34.9 Å². The third-order valence-electron chi connectivity index (χ3n) is 2.74. The topological polar surface area (TPSA) is 50.4 Å². The highest BCUT2D eigenvalue weighted by Gasteiger charge is 2.09. The number of urea groups is 1. The fourth-order valence-electron chi connectivity index (χ4n) is 1.71. The van der Waals surface area contributed by atoms with Gasteiger partial charge >= 0.3 is 6.03 Å². The molecule has 1 fully saturated rings. The monoisotopic (exact) mass is 300 g/mol. The molecule has 1 aliphatic heterocycles. The summed E-state index contributed by atoms with van der Waals surface area (Å²) in [6, 6.07) is 4.69. The Morgan fingerprint density at radius 3 is 2.47 bits per heavy atom. The van der Waals surface area contributed by atoms with Crippen LogP contribution in [-0.4, -0.2) is 19.2 Å². The van der Waals surface area contributed by atoms with E-state index in [1.165, 1.54) is 0 Å². The molecule has 2 N–H and O–H groups in total. The summed E-state index contributed by atoms with van der Waals surface area (Å²) in [5.74, 6) is 0. The molecule has 0 radical (unpaired) electrons. The van der Waals surface area contributed by atoms with Crippen molar-refractivity contribution in [3.63, 3.8) is 0 Å². The van der Waals surface area contributed by atoms with Crippen molar-refractivity contribution < 1.29 is 9.53 Å². The van der Waals surface area contributed by atoms with E-state index < -0.39 is 0 Å². The van der Waals surface area contributed by atoms with Gasteiger partial charge in [0.05, 0.1) is 28.9 Å². The lowest BCUT2D eigenvalue weighted by atomic mass is 10.1. The van der Waals surface area contributed by atoms with Gasteiger partial charge in [0.15, 0.2) is 0 Å². The summed E-state index contributed by atoms with van der Waals surface area (Å²) in [4.78, 5) is 11.7. The molecule has 1 aromatic rings. The number of para-hydroxylation sites is 1. The molecule has 0 unspecified atom stereocenters. The van der Waals surface area contributed by atoms with Gasteiger partial charge in [0.25, 0.3) is 0 Å². The van der Waals surface area contributed by atoms with E-state index in [9.17, 15) is 4.79 Å². The van der Waals surface area contributed by atoms with Crippen molar-refractivity contribution in [2.45, 2.75) is 12.8 Å². The van der Waals surface area contributed by atoms with Crippen LogP contribution in [0.5, 0.6) is 0 Å². The molecule has 2 amide bonds. The van der Waals surface area contributed by atoms with E-state index in [0.717, 1.165) is 18.4 Å². The summed E-state index contributed by atoms with van der Waals surface area (Å²) in [5, 5.41) is 6.11. The standard InChI is InChI=1S/C13H14Cl2N2O2/c14-10-2-1-3-11(15)12(10)17-13(18)16-8-9-4-6-19-7-5-9/h1-3,8H,4-7H2,(H2,16,17,18). The Labute approximate surface area is 121 Å². The van der Waals surface area contributed by atoms with Crippen molar-refractivity contribution in [1.82, 2.24) is 5.32 Å². The number of amides is 2. The van der Waals surface area contributed by atoms with Gasteiger partial charge in [-0.3, -0.25) is 0 Å². The van der Waals surface area contributed by atoms with Crippen LogP contribution in [0.15, 0.2) is 30.0 Å². The van der Waals surface area contributed by atoms with Crippen LogP contribution in [0.3, 0.4) is 0 Å². The van der Waals surface area contributed by atoms with Gasteiger partial charge in [-0.05, 0) is 30.5 Å². The fraction of sp³-hybridized carbons (Fsp3) is 0.308. The molecule has 19 heavy (non-hydrogen) atoms. The molecule has 102 valence electrons. The van der Waals surface area contributed by atoms with Crippen molar-refractivity contribution in [3.05, 3.63) is 40.0 Å². The molecule has 0 saturated carbocycles. The summed E-state index contributed by atoms with van der Waals surface area (Å²) in [5.41, 5.74) is 1.57. The summed E-state index contributed by atoms with van der Waals surface area (Å²) < 4.78 is 5.23. The Hall–Kier alpha value is -1.23. The van der Waals surface area contributed by atoms with Gasteiger partial charge in [-0.15, -0.1) is 0 Å². The molecule has 0 aliphatic carbocycles. The summed E-state index contributed by atoms with van der Waals surface area (Å²) in [7, 11) is 0. The first-order valence-corrected chi connectivity index (χ1v) is 6.69. The summed E-state index contributed by atoms with van der Waals surface area (Å²) in [6.07, 6.45) is 3.39. The van der Waals surface area contributed by atoms with E-state index in [1.54, 1.807) is 24.4 Å². The molecular weight excluding hydrogens is 287 g/mol. The van der Waals surface area contributed by atoms with Crippen LogP contribution in [0.2, 0.25) is 10.0 Å². The van der Waals surface area contributed by atoms with E-state index in [1.807, 2.05) is 0 Å². The van der Waals surface area contributed by atoms with Gasteiger partial charge in [0, 0.05) is 6.20 Å². The predicted molar refractivity (Wildman–Crippen MR) is 76.8 cm³/mol. The maximum Gasteiger partial charge on any atom is 0.323 e. The van der Waals surface area contributed by atoms with Crippen molar-refractivity contribution in [2.24, 2.45) is 0 Å². The number of carbonyl (C=O) groups is 1. The highest BCUT2D eigenvalue weighted by molar-refractivity contribution is 6.39. The Morgan fingerprint density at radius 2 is 1.84 bits per heavy atom. The van der Waals surface area contributed by atoms with Crippen LogP contribution in [0, 0.1) is 0 Å². The number of anilines is 1. The van der Waals surface area contributed by atoms with Crippen LogP contribution >= 0.6 is 23.2 Å². The van der Waals surface area contributed by atoms with Gasteiger partial charge in [0.1, 0.15) is 0 Å². The first kappa shape index (κ1) is 14.2. The normalized spacial score (nSPS) is 14.9. The molecule has 1 aliphatic rings. The Morgan fingerprint density at radius 1 is 1.21 bits per heavy atom. The molecule has 0 aromatic heterocycles. The van der Waals surface area contributed by atoms with Crippen molar-refractivity contribution in [3.8, 4) is 0 Å². The van der Waals surface area contributed by atoms with E-state index in [2.05, 4.69) is 10.6 Å². The van der Waals surface area contributed by atoms with Crippen LogP contribution < -0.4 is 10.6 Å². The molecule has 0 spiro atoms. The second-order valence-electron chi connectivity index (χ2n) is 4.11. The van der Waals surface area contributed by atoms with Gasteiger partial charge < -0.3 is 15.4 Å².